The van der Waals surface area contributed by atoms with Crippen LogP contribution in [0.3, 0.4) is 0 Å². The monoisotopic (exact) mass is 487 g/mol. The van der Waals surface area contributed by atoms with Gasteiger partial charge in [0.2, 0.25) is 11.8 Å². The molecular weight excluding hydrogens is 466 g/mol. The molecule has 5 rings (SSSR count). The van der Waals surface area contributed by atoms with Crippen LogP contribution in [-0.2, 0) is 4.79 Å². The lowest BCUT2D eigenvalue weighted by Crippen LogP contribution is -2.49. The number of aromatic nitrogens is 2. The number of hydrogen-bond donors (Lipinski definition) is 1. The Morgan fingerprint density at radius 3 is 2.29 bits per heavy atom. The van der Waals surface area contributed by atoms with E-state index in [1.54, 1.807) is 12.1 Å². The lowest BCUT2D eigenvalue weighted by molar-refractivity contribution is -0.115. The second-order valence-electron chi connectivity index (χ2n) is 7.84. The summed E-state index contributed by atoms with van der Waals surface area (Å²) in [6, 6.07) is 20.0. The van der Waals surface area contributed by atoms with E-state index in [2.05, 4.69) is 15.3 Å². The zero-order valence-corrected chi connectivity index (χ0v) is 19.4. The maximum atomic E-state index is 12.8. The van der Waals surface area contributed by atoms with E-state index in [-0.39, 0.29) is 10.8 Å². The van der Waals surface area contributed by atoms with Gasteiger partial charge in [-0.3, -0.25) is 19.7 Å². The van der Waals surface area contributed by atoms with E-state index in [1.165, 1.54) is 0 Å². The summed E-state index contributed by atoms with van der Waals surface area (Å²) in [5.74, 6) is 0.875. The molecular formula is C25H21N5O4S. The highest BCUT2D eigenvalue weighted by atomic mass is 32.2. The van der Waals surface area contributed by atoms with Crippen LogP contribution in [0.4, 0.5) is 10.7 Å². The number of rotatable bonds is 5. The normalized spacial score (nSPS) is 17.0. The van der Waals surface area contributed by atoms with Crippen LogP contribution < -0.4 is 15.0 Å². The fourth-order valence-corrected chi connectivity index (χ4v) is 4.40. The Balaban J connectivity index is 1.38. The zero-order chi connectivity index (χ0) is 24.2. The van der Waals surface area contributed by atoms with Crippen molar-refractivity contribution in [1.29, 1.82) is 0 Å². The van der Waals surface area contributed by atoms with Gasteiger partial charge in [-0.15, -0.1) is 0 Å². The Morgan fingerprint density at radius 2 is 1.63 bits per heavy atom. The number of anilines is 1. The number of carbonyl (C=O) groups excluding carboxylic acids is 3. The van der Waals surface area contributed by atoms with Gasteiger partial charge >= 0.3 is 0 Å². The second-order valence-corrected chi connectivity index (χ2v) is 8.86. The van der Waals surface area contributed by atoms with E-state index in [9.17, 15) is 14.4 Å². The lowest BCUT2D eigenvalue weighted by Gasteiger charge is -2.35. The van der Waals surface area contributed by atoms with Crippen LogP contribution in [0, 0.1) is 0 Å². The van der Waals surface area contributed by atoms with Gasteiger partial charge in [-0.1, -0.05) is 36.4 Å². The molecule has 176 valence electrons. The van der Waals surface area contributed by atoms with Gasteiger partial charge in [0.05, 0.1) is 10.6 Å². The van der Waals surface area contributed by atoms with Crippen LogP contribution >= 0.6 is 11.8 Å². The highest BCUT2D eigenvalue weighted by Gasteiger charge is 2.27. The number of ether oxygens (including phenoxy) is 1. The molecule has 1 aromatic heterocycles. The highest BCUT2D eigenvalue weighted by molar-refractivity contribution is 8.18. The summed E-state index contributed by atoms with van der Waals surface area (Å²) >= 11 is 0.824. The molecule has 0 radical (unpaired) electrons. The second kappa shape index (κ2) is 9.98. The van der Waals surface area contributed by atoms with Crippen molar-refractivity contribution in [2.24, 2.45) is 0 Å². The largest absolute Gasteiger partial charge is 0.439 e. The van der Waals surface area contributed by atoms with Crippen LogP contribution in [0.15, 0.2) is 71.6 Å². The minimum absolute atomic E-state index is 0.00769. The third-order valence-corrected chi connectivity index (χ3v) is 6.28. The lowest BCUT2D eigenvalue weighted by atomic mass is 10.2. The summed E-state index contributed by atoms with van der Waals surface area (Å²) in [5, 5.41) is 1.82. The van der Waals surface area contributed by atoms with Gasteiger partial charge in [-0.25, -0.2) is 4.98 Å². The molecule has 3 aromatic rings. The summed E-state index contributed by atoms with van der Waals surface area (Å²) in [7, 11) is 0. The van der Waals surface area contributed by atoms with Crippen LogP contribution in [0.2, 0.25) is 0 Å². The van der Waals surface area contributed by atoms with E-state index < -0.39 is 11.1 Å². The molecule has 0 spiro atoms. The predicted octanol–water partition coefficient (Wildman–Crippen LogP) is 3.56. The quantitative estimate of drug-likeness (QED) is 0.545. The van der Waals surface area contributed by atoms with E-state index >= 15 is 0 Å². The first kappa shape index (κ1) is 22.6. The number of para-hydroxylation sites is 1. The fourth-order valence-electron chi connectivity index (χ4n) is 3.74. The highest BCUT2D eigenvalue weighted by Crippen LogP contribution is 2.28. The van der Waals surface area contributed by atoms with Gasteiger partial charge in [0.15, 0.2) is 0 Å². The van der Waals surface area contributed by atoms with Crippen molar-refractivity contribution in [3.05, 3.63) is 82.9 Å². The maximum absolute atomic E-state index is 12.8. The van der Waals surface area contributed by atoms with Crippen molar-refractivity contribution in [3.8, 4) is 11.6 Å². The molecule has 2 aromatic carbocycles. The van der Waals surface area contributed by atoms with E-state index in [1.807, 2.05) is 70.5 Å². The first-order valence-corrected chi connectivity index (χ1v) is 11.8. The molecule has 2 aliphatic heterocycles. The number of thioether (sulfide) groups is 1. The fraction of sp³-hybridized carbons (Fsp3) is 0.160. The SMILES string of the molecule is O=C1NC(=O)/C(=C/c2cc(Oc3ccccc3)nc(N3CCN(C(=O)c4ccccc4)CC3)n2)S1. The van der Waals surface area contributed by atoms with E-state index in [0.717, 1.165) is 11.8 Å². The third-order valence-electron chi connectivity index (χ3n) is 5.47. The molecule has 9 nitrogen and oxygen atoms in total. The van der Waals surface area contributed by atoms with Gasteiger partial charge in [0.1, 0.15) is 5.75 Å². The summed E-state index contributed by atoms with van der Waals surface area (Å²) < 4.78 is 5.93. The predicted molar refractivity (Wildman–Crippen MR) is 132 cm³/mol. The van der Waals surface area contributed by atoms with Crippen LogP contribution in [0.5, 0.6) is 11.6 Å². The molecule has 0 unspecified atom stereocenters. The first-order valence-electron chi connectivity index (χ1n) is 11.0. The number of piperazine rings is 1. The molecule has 35 heavy (non-hydrogen) atoms. The average molecular weight is 488 g/mol. The standard InChI is InChI=1S/C25H21N5O4S/c31-22-20(35-25(33)28-22)15-18-16-21(34-19-9-5-2-6-10-19)27-24(26-18)30-13-11-29(12-14-30)23(32)17-7-3-1-4-8-17/h1-10,15-16H,11-14H2,(H,28,31,33)/b20-15-. The van der Waals surface area contributed by atoms with Crippen molar-refractivity contribution in [2.45, 2.75) is 0 Å². The number of benzene rings is 2. The Labute approximate surface area is 205 Å². The molecule has 0 bridgehead atoms. The number of hydrogen-bond acceptors (Lipinski definition) is 8. The van der Waals surface area contributed by atoms with Crippen LogP contribution in [0.25, 0.3) is 6.08 Å². The number of amides is 3. The number of carbonyl (C=O) groups is 3. The molecule has 2 saturated heterocycles. The topological polar surface area (TPSA) is 105 Å². The van der Waals surface area contributed by atoms with Gasteiger partial charge in [0.25, 0.3) is 17.1 Å². The molecule has 0 atom stereocenters. The average Bonchev–Trinajstić information content (AvgIpc) is 3.20. The number of nitrogens with one attached hydrogen (secondary N) is 1. The third kappa shape index (κ3) is 5.33. The summed E-state index contributed by atoms with van der Waals surface area (Å²) in [6.45, 7) is 2.11. The molecule has 10 heteroatoms. The van der Waals surface area contributed by atoms with Crippen molar-refractivity contribution in [1.82, 2.24) is 20.2 Å². The summed E-state index contributed by atoms with van der Waals surface area (Å²) in [4.78, 5) is 49.6. The molecule has 3 heterocycles. The van der Waals surface area contributed by atoms with Gasteiger partial charge in [-0.2, -0.15) is 4.98 Å². The zero-order valence-electron chi connectivity index (χ0n) is 18.6. The van der Waals surface area contributed by atoms with Gasteiger partial charge in [-0.05, 0) is 42.1 Å². The summed E-state index contributed by atoms with van der Waals surface area (Å²) in [5.41, 5.74) is 1.10. The number of imide groups is 1. The van der Waals surface area contributed by atoms with E-state index in [4.69, 9.17) is 4.74 Å². The van der Waals surface area contributed by atoms with E-state index in [0.29, 0.717) is 55.0 Å². The smallest absolute Gasteiger partial charge is 0.290 e. The molecule has 1 N–H and O–H groups in total. The van der Waals surface area contributed by atoms with Gasteiger partial charge < -0.3 is 14.5 Å². The van der Waals surface area contributed by atoms with Crippen molar-refractivity contribution in [2.75, 3.05) is 31.1 Å². The van der Waals surface area contributed by atoms with Crippen molar-refractivity contribution < 1.29 is 19.1 Å². The molecule has 2 fully saturated rings. The van der Waals surface area contributed by atoms with Crippen LogP contribution in [-0.4, -0.2) is 58.1 Å². The minimum Gasteiger partial charge on any atom is -0.439 e. The van der Waals surface area contributed by atoms with Crippen LogP contribution in [0.1, 0.15) is 16.1 Å². The Morgan fingerprint density at radius 1 is 0.943 bits per heavy atom. The molecule has 3 amide bonds. The summed E-state index contributed by atoms with van der Waals surface area (Å²) in [6.07, 6.45) is 1.54. The van der Waals surface area contributed by atoms with Gasteiger partial charge in [0, 0.05) is 37.8 Å². The Bertz CT molecular complexity index is 1290. The number of nitrogens with zero attached hydrogens (tertiary/aromatic N) is 4. The molecule has 0 saturated carbocycles. The first-order chi connectivity index (χ1) is 17.0. The van der Waals surface area contributed by atoms with Crippen molar-refractivity contribution >= 4 is 40.8 Å². The minimum atomic E-state index is -0.460. The van der Waals surface area contributed by atoms with Crippen molar-refractivity contribution in [3.63, 3.8) is 0 Å². The Kier molecular flexibility index (Phi) is 6.44. The molecule has 0 aliphatic carbocycles. The molecule has 2 aliphatic rings. The Hall–Kier alpha value is -4.18. The maximum Gasteiger partial charge on any atom is 0.290 e.